The number of anilines is 3. The van der Waals surface area contributed by atoms with E-state index in [2.05, 4.69) is 29.9 Å². The second-order valence-electron chi connectivity index (χ2n) is 8.65. The molecular weight excluding hydrogens is 465 g/mol. The van der Waals surface area contributed by atoms with Gasteiger partial charge >= 0.3 is 0 Å². The predicted octanol–water partition coefficient (Wildman–Crippen LogP) is 2.04. The molecule has 36 heavy (non-hydrogen) atoms. The Balaban J connectivity index is 1.37. The van der Waals surface area contributed by atoms with Crippen molar-refractivity contribution in [3.05, 3.63) is 82.1 Å². The van der Waals surface area contributed by atoms with E-state index in [0.29, 0.717) is 34.6 Å². The molecule has 1 aliphatic heterocycles. The Morgan fingerprint density at radius 1 is 1.19 bits per heavy atom. The summed E-state index contributed by atoms with van der Waals surface area (Å²) in [6.07, 6.45) is 7.32. The van der Waals surface area contributed by atoms with Crippen LogP contribution in [0.25, 0.3) is 16.5 Å². The van der Waals surface area contributed by atoms with E-state index in [4.69, 9.17) is 5.73 Å². The minimum absolute atomic E-state index is 0.0746. The predicted molar refractivity (Wildman–Crippen MR) is 131 cm³/mol. The molecule has 182 valence electrons. The largest absolute Gasteiger partial charge is 0.396 e. The molecule has 0 spiro atoms. The number of halogens is 1. The summed E-state index contributed by atoms with van der Waals surface area (Å²) in [6, 6.07) is 5.34. The zero-order chi connectivity index (χ0) is 25.0. The minimum atomic E-state index is -0.668. The van der Waals surface area contributed by atoms with Crippen LogP contribution in [0.15, 0.2) is 47.9 Å². The maximum absolute atomic E-state index is 15.3. The fourth-order valence-electron chi connectivity index (χ4n) is 4.58. The number of pyridine rings is 1. The number of benzene rings is 1. The average molecular weight is 487 g/mol. The summed E-state index contributed by atoms with van der Waals surface area (Å²) in [5.74, 6) is 1.44. The Kier molecular flexibility index (Phi) is 5.04. The zero-order valence-corrected chi connectivity index (χ0v) is 19.3. The van der Waals surface area contributed by atoms with Crippen LogP contribution in [-0.4, -0.2) is 39.0 Å². The fraction of sp³-hybridized carbons (Fsp3) is 0.208. The van der Waals surface area contributed by atoms with Crippen molar-refractivity contribution in [3.8, 4) is 5.69 Å². The lowest BCUT2D eigenvalue weighted by atomic mass is 10.1. The zero-order valence-electron chi connectivity index (χ0n) is 19.3. The average Bonchev–Trinajstić information content (AvgIpc) is 3.43. The number of nitrogens with one attached hydrogen (secondary N) is 1. The molecule has 0 amide bonds. The highest BCUT2D eigenvalue weighted by molar-refractivity contribution is 5.96. The first kappa shape index (κ1) is 21.9. The molecular formula is C24H22FN9O2. The number of hydrogen-bond acceptors (Lipinski definition) is 8. The van der Waals surface area contributed by atoms with E-state index in [1.165, 1.54) is 17.1 Å². The van der Waals surface area contributed by atoms with E-state index >= 15 is 4.39 Å². The number of aliphatic hydroxyl groups excluding tert-OH is 1. The van der Waals surface area contributed by atoms with Crippen molar-refractivity contribution in [1.29, 1.82) is 0 Å². The molecule has 0 bridgehead atoms. The van der Waals surface area contributed by atoms with Crippen molar-refractivity contribution < 1.29 is 9.50 Å². The number of nitrogens with zero attached hydrogens (tertiary/aromatic N) is 7. The van der Waals surface area contributed by atoms with Gasteiger partial charge in [0.25, 0.3) is 5.56 Å². The van der Waals surface area contributed by atoms with E-state index in [1.807, 2.05) is 16.9 Å². The fourth-order valence-corrected chi connectivity index (χ4v) is 4.58. The number of aliphatic hydroxyl groups is 1. The summed E-state index contributed by atoms with van der Waals surface area (Å²) in [4.78, 5) is 24.5. The topological polar surface area (TPSA) is 142 Å². The van der Waals surface area contributed by atoms with Crippen LogP contribution in [0, 0.1) is 12.7 Å². The summed E-state index contributed by atoms with van der Waals surface area (Å²) in [6.45, 7) is 2.53. The summed E-state index contributed by atoms with van der Waals surface area (Å²) < 4.78 is 20.7. The molecule has 0 aliphatic carbocycles. The standard InChI is InChI=1S/C24H22FN9O2/c1-13-17(11-35)24(36)29-12-33(13)18-6-14-7-19(28-9-16(14)23(26)22(18)25)30-20-8-15-2-4-32-5-3-27-21(32)10-34(15)31-20/h3,5-9,12,35H,2,4,10-11,26H2,1H3,(H,28,30,31). The highest BCUT2D eigenvalue weighted by Gasteiger charge is 2.18. The monoisotopic (exact) mass is 487 g/mol. The number of fused-ring (bicyclic) bond motifs is 3. The van der Waals surface area contributed by atoms with Crippen LogP contribution in [0.3, 0.4) is 0 Å². The maximum atomic E-state index is 15.3. The van der Waals surface area contributed by atoms with Crippen LogP contribution >= 0.6 is 0 Å². The third-order valence-electron chi connectivity index (χ3n) is 6.57. The smallest absolute Gasteiger partial charge is 0.278 e. The van der Waals surface area contributed by atoms with E-state index in [1.54, 1.807) is 25.3 Å². The van der Waals surface area contributed by atoms with Gasteiger partial charge in [0.15, 0.2) is 11.6 Å². The molecule has 4 N–H and O–H groups in total. The lowest BCUT2D eigenvalue weighted by Crippen LogP contribution is -2.20. The van der Waals surface area contributed by atoms with Crippen LogP contribution < -0.4 is 16.6 Å². The minimum Gasteiger partial charge on any atom is -0.396 e. The van der Waals surface area contributed by atoms with Crippen molar-refractivity contribution in [2.75, 3.05) is 11.1 Å². The summed E-state index contributed by atoms with van der Waals surface area (Å²) >= 11 is 0. The quantitative estimate of drug-likeness (QED) is 0.327. The number of imidazole rings is 1. The van der Waals surface area contributed by atoms with E-state index in [-0.39, 0.29) is 16.9 Å². The second kappa shape index (κ2) is 8.27. The van der Waals surface area contributed by atoms with Crippen LogP contribution in [0.1, 0.15) is 22.8 Å². The van der Waals surface area contributed by atoms with Gasteiger partial charge in [0.2, 0.25) is 0 Å². The molecule has 0 unspecified atom stereocenters. The lowest BCUT2D eigenvalue weighted by molar-refractivity contribution is 0.278. The SMILES string of the molecule is Cc1c(CO)c(=O)ncn1-c1cc2cc(Nc3cc4n(n3)Cc3nccn3CC4)ncc2c(N)c1F. The number of nitrogens with two attached hydrogens (primary N) is 1. The highest BCUT2D eigenvalue weighted by atomic mass is 19.1. The molecule has 5 heterocycles. The molecule has 5 aromatic rings. The van der Waals surface area contributed by atoms with Crippen LogP contribution in [-0.2, 0) is 26.1 Å². The molecule has 0 fully saturated rings. The Bertz CT molecular complexity index is 1700. The number of hydrogen-bond donors (Lipinski definition) is 3. The second-order valence-corrected chi connectivity index (χ2v) is 8.65. The van der Waals surface area contributed by atoms with Gasteiger partial charge in [0.05, 0.1) is 30.1 Å². The molecule has 0 saturated carbocycles. The number of nitrogen functional groups attached to an aromatic ring is 1. The highest BCUT2D eigenvalue weighted by Crippen LogP contribution is 2.31. The van der Waals surface area contributed by atoms with Crippen LogP contribution in [0.2, 0.25) is 0 Å². The van der Waals surface area contributed by atoms with Crippen molar-refractivity contribution in [2.45, 2.75) is 33.0 Å². The van der Waals surface area contributed by atoms with Crippen LogP contribution in [0.5, 0.6) is 0 Å². The van der Waals surface area contributed by atoms with Gasteiger partial charge in [-0.15, -0.1) is 0 Å². The van der Waals surface area contributed by atoms with Gasteiger partial charge < -0.3 is 25.3 Å². The molecule has 4 aromatic heterocycles. The Labute approximate surface area is 203 Å². The van der Waals surface area contributed by atoms with E-state index < -0.39 is 18.0 Å². The number of aromatic nitrogens is 7. The normalized spacial score (nSPS) is 12.9. The van der Waals surface area contributed by atoms with Gasteiger partial charge in [0.1, 0.15) is 18.0 Å². The van der Waals surface area contributed by atoms with Crippen molar-refractivity contribution in [2.24, 2.45) is 0 Å². The van der Waals surface area contributed by atoms with Gasteiger partial charge in [-0.25, -0.2) is 14.4 Å². The third kappa shape index (κ3) is 3.50. The summed E-state index contributed by atoms with van der Waals surface area (Å²) in [5, 5.41) is 18.5. The Morgan fingerprint density at radius 2 is 2.06 bits per heavy atom. The maximum Gasteiger partial charge on any atom is 0.278 e. The molecule has 1 aromatic carbocycles. The first-order valence-corrected chi connectivity index (χ1v) is 11.3. The van der Waals surface area contributed by atoms with Crippen molar-refractivity contribution in [3.63, 3.8) is 0 Å². The molecule has 11 nitrogen and oxygen atoms in total. The Hall–Kier alpha value is -4.58. The van der Waals surface area contributed by atoms with Gasteiger partial charge in [-0.1, -0.05) is 0 Å². The van der Waals surface area contributed by atoms with Crippen LogP contribution in [0.4, 0.5) is 21.7 Å². The number of rotatable bonds is 4. The first-order valence-electron chi connectivity index (χ1n) is 11.3. The summed E-state index contributed by atoms with van der Waals surface area (Å²) in [7, 11) is 0. The van der Waals surface area contributed by atoms with Gasteiger partial charge in [-0.3, -0.25) is 9.48 Å². The van der Waals surface area contributed by atoms with Crippen molar-refractivity contribution in [1.82, 2.24) is 33.9 Å². The third-order valence-corrected chi connectivity index (χ3v) is 6.57. The summed E-state index contributed by atoms with van der Waals surface area (Å²) in [5.41, 5.74) is 7.15. The van der Waals surface area contributed by atoms with E-state index in [0.717, 1.165) is 24.5 Å². The van der Waals surface area contributed by atoms with Crippen molar-refractivity contribution >= 4 is 28.1 Å². The van der Waals surface area contributed by atoms with E-state index in [9.17, 15) is 9.90 Å². The first-order chi connectivity index (χ1) is 17.4. The molecule has 6 rings (SSSR count). The molecule has 12 heteroatoms. The molecule has 1 aliphatic rings. The van der Waals surface area contributed by atoms with Gasteiger partial charge in [-0.05, 0) is 24.4 Å². The molecule has 0 atom stereocenters. The molecule has 0 radical (unpaired) electrons. The lowest BCUT2D eigenvalue weighted by Gasteiger charge is -2.16. The van der Waals surface area contributed by atoms with Gasteiger partial charge in [0, 0.05) is 54.4 Å². The number of aryl methyl sites for hydroxylation is 2. The van der Waals surface area contributed by atoms with Gasteiger partial charge in [-0.2, -0.15) is 10.1 Å². The molecule has 0 saturated heterocycles. The Morgan fingerprint density at radius 3 is 2.89 bits per heavy atom.